The molecule has 3 N–H and O–H groups in total. The summed E-state index contributed by atoms with van der Waals surface area (Å²) in [4.78, 5) is 41.2. The number of primary amides is 1. The molecule has 9 nitrogen and oxygen atoms in total. The van der Waals surface area contributed by atoms with Crippen molar-refractivity contribution in [2.45, 2.75) is 51.5 Å². The van der Waals surface area contributed by atoms with E-state index in [4.69, 9.17) is 5.73 Å². The quantitative estimate of drug-likeness (QED) is 0.761. The van der Waals surface area contributed by atoms with Crippen LogP contribution in [0.15, 0.2) is 4.52 Å². The molecule has 2 aliphatic rings. The maximum absolute atomic E-state index is 12.4. The van der Waals surface area contributed by atoms with E-state index < -0.39 is 5.91 Å². The van der Waals surface area contributed by atoms with E-state index in [9.17, 15) is 14.4 Å². The van der Waals surface area contributed by atoms with Crippen LogP contribution in [0.2, 0.25) is 0 Å². The van der Waals surface area contributed by atoms with Gasteiger partial charge in [-0.25, -0.2) is 0 Å². The average molecular weight is 363 g/mol. The number of likely N-dealkylation sites (tertiary alicyclic amines) is 1. The number of hydrogen-bond donors (Lipinski definition) is 2. The molecule has 0 spiro atoms. The molecule has 0 radical (unpaired) electrons. The number of nitrogens with two attached hydrogens (primary N) is 1. The van der Waals surface area contributed by atoms with Crippen LogP contribution in [-0.4, -0.2) is 45.9 Å². The Morgan fingerprint density at radius 3 is 2.69 bits per heavy atom. The Bertz CT molecular complexity index is 668. The van der Waals surface area contributed by atoms with Gasteiger partial charge in [-0.15, -0.1) is 0 Å². The van der Waals surface area contributed by atoms with E-state index in [1.165, 1.54) is 32.1 Å². The van der Waals surface area contributed by atoms with Gasteiger partial charge in [0.25, 0.3) is 0 Å². The van der Waals surface area contributed by atoms with Gasteiger partial charge in [-0.1, -0.05) is 24.4 Å². The fourth-order valence-electron chi connectivity index (χ4n) is 3.72. The highest BCUT2D eigenvalue weighted by molar-refractivity contribution is 5.87. The topological polar surface area (TPSA) is 131 Å². The third kappa shape index (κ3) is 4.59. The molecular formula is C17H25N5O4. The SMILES string of the molecule is NC(=O)c1nc(CNC(=O)[C@H]2CCC(=O)N(CC3CCCCC3)C2)no1. The van der Waals surface area contributed by atoms with E-state index in [-0.39, 0.29) is 36.0 Å². The number of rotatable bonds is 6. The van der Waals surface area contributed by atoms with Crippen LogP contribution in [0.5, 0.6) is 0 Å². The summed E-state index contributed by atoms with van der Waals surface area (Å²) in [6.45, 7) is 1.28. The molecule has 1 saturated carbocycles. The van der Waals surface area contributed by atoms with Gasteiger partial charge in [0.2, 0.25) is 11.8 Å². The highest BCUT2D eigenvalue weighted by Gasteiger charge is 2.31. The van der Waals surface area contributed by atoms with Crippen molar-refractivity contribution in [2.24, 2.45) is 17.6 Å². The van der Waals surface area contributed by atoms with Crippen molar-refractivity contribution < 1.29 is 18.9 Å². The molecule has 9 heteroatoms. The first kappa shape index (κ1) is 18.3. The lowest BCUT2D eigenvalue weighted by Crippen LogP contribution is -2.47. The number of amides is 3. The lowest BCUT2D eigenvalue weighted by atomic mass is 9.87. The van der Waals surface area contributed by atoms with Crippen molar-refractivity contribution in [3.63, 3.8) is 0 Å². The number of piperidine rings is 1. The lowest BCUT2D eigenvalue weighted by molar-refractivity contribution is -0.139. The molecule has 2 heterocycles. The second kappa shape index (κ2) is 8.29. The van der Waals surface area contributed by atoms with Crippen LogP contribution in [0.3, 0.4) is 0 Å². The van der Waals surface area contributed by atoms with E-state index in [0.29, 0.717) is 25.3 Å². The van der Waals surface area contributed by atoms with Crippen molar-refractivity contribution in [1.82, 2.24) is 20.4 Å². The molecule has 2 fully saturated rings. The van der Waals surface area contributed by atoms with Crippen molar-refractivity contribution >= 4 is 17.7 Å². The normalized spacial score (nSPS) is 21.6. The van der Waals surface area contributed by atoms with Crippen LogP contribution in [0, 0.1) is 11.8 Å². The van der Waals surface area contributed by atoms with E-state index in [2.05, 4.69) is 20.0 Å². The van der Waals surface area contributed by atoms with Gasteiger partial charge in [-0.3, -0.25) is 14.4 Å². The van der Waals surface area contributed by atoms with Crippen LogP contribution in [-0.2, 0) is 16.1 Å². The smallest absolute Gasteiger partial charge is 0.315 e. The number of carbonyl (C=O) groups is 3. The zero-order valence-electron chi connectivity index (χ0n) is 14.8. The molecule has 1 saturated heterocycles. The van der Waals surface area contributed by atoms with E-state index in [0.717, 1.165) is 6.54 Å². The van der Waals surface area contributed by atoms with Crippen molar-refractivity contribution in [3.05, 3.63) is 11.7 Å². The summed E-state index contributed by atoms with van der Waals surface area (Å²) >= 11 is 0. The van der Waals surface area contributed by atoms with Crippen LogP contribution in [0.25, 0.3) is 0 Å². The van der Waals surface area contributed by atoms with E-state index >= 15 is 0 Å². The molecule has 1 aliphatic heterocycles. The first-order chi connectivity index (χ1) is 12.5. The fraction of sp³-hybridized carbons (Fsp3) is 0.706. The molecule has 1 atom stereocenters. The van der Waals surface area contributed by atoms with Gasteiger partial charge in [-0.2, -0.15) is 4.98 Å². The predicted octanol–water partition coefficient (Wildman–Crippen LogP) is 0.604. The Morgan fingerprint density at radius 2 is 2.00 bits per heavy atom. The molecule has 1 aromatic rings. The second-order valence-corrected chi connectivity index (χ2v) is 7.14. The van der Waals surface area contributed by atoms with Gasteiger partial charge < -0.3 is 20.5 Å². The summed E-state index contributed by atoms with van der Waals surface area (Å²) in [6.07, 6.45) is 7.02. The number of hydrogen-bond acceptors (Lipinski definition) is 6. The van der Waals surface area contributed by atoms with Gasteiger partial charge in [0.1, 0.15) is 0 Å². The Morgan fingerprint density at radius 1 is 1.23 bits per heavy atom. The maximum atomic E-state index is 12.4. The molecule has 3 amide bonds. The van der Waals surface area contributed by atoms with Gasteiger partial charge in [-0.05, 0) is 25.2 Å². The molecule has 142 valence electrons. The Labute approximate surface area is 151 Å². The summed E-state index contributed by atoms with van der Waals surface area (Å²) in [5.41, 5.74) is 5.05. The van der Waals surface area contributed by atoms with Crippen LogP contribution in [0.4, 0.5) is 0 Å². The van der Waals surface area contributed by atoms with E-state index in [1.54, 1.807) is 0 Å². The Kier molecular flexibility index (Phi) is 5.85. The minimum Gasteiger partial charge on any atom is -0.361 e. The van der Waals surface area contributed by atoms with Gasteiger partial charge in [0.05, 0.1) is 12.5 Å². The first-order valence-corrected chi connectivity index (χ1v) is 9.21. The number of nitrogens with zero attached hydrogens (tertiary/aromatic N) is 3. The molecular weight excluding hydrogens is 338 g/mol. The fourth-order valence-corrected chi connectivity index (χ4v) is 3.72. The summed E-state index contributed by atoms with van der Waals surface area (Å²) in [7, 11) is 0. The molecule has 3 rings (SSSR count). The summed E-state index contributed by atoms with van der Waals surface area (Å²) in [6, 6.07) is 0. The molecule has 1 aromatic heterocycles. The standard InChI is InChI=1S/C17H25N5O4/c18-15(24)17-20-13(21-26-17)8-19-16(25)12-6-7-14(23)22(10-12)9-11-4-2-1-3-5-11/h11-12H,1-10H2,(H2,18,24)(H,19,25)/t12-/m0/s1. The predicted molar refractivity (Wildman–Crippen MR) is 90.5 cm³/mol. The third-order valence-electron chi connectivity index (χ3n) is 5.17. The number of nitrogens with one attached hydrogen (secondary N) is 1. The Hall–Kier alpha value is -2.45. The third-order valence-corrected chi connectivity index (χ3v) is 5.17. The molecule has 0 unspecified atom stereocenters. The van der Waals surface area contributed by atoms with Crippen LogP contribution in [0.1, 0.15) is 61.5 Å². The maximum Gasteiger partial charge on any atom is 0.315 e. The van der Waals surface area contributed by atoms with Crippen molar-refractivity contribution in [3.8, 4) is 0 Å². The molecule has 1 aliphatic carbocycles. The summed E-state index contributed by atoms with van der Waals surface area (Å²) < 4.78 is 4.68. The lowest BCUT2D eigenvalue weighted by Gasteiger charge is -2.35. The largest absolute Gasteiger partial charge is 0.361 e. The zero-order chi connectivity index (χ0) is 18.5. The monoisotopic (exact) mass is 363 g/mol. The van der Waals surface area contributed by atoms with E-state index in [1.807, 2.05) is 4.90 Å². The molecule has 0 aromatic carbocycles. The molecule has 0 bridgehead atoms. The molecule has 26 heavy (non-hydrogen) atoms. The second-order valence-electron chi connectivity index (χ2n) is 7.14. The number of aromatic nitrogens is 2. The minimum absolute atomic E-state index is 0.0582. The number of carbonyl (C=O) groups excluding carboxylic acids is 3. The van der Waals surface area contributed by atoms with Crippen molar-refractivity contribution in [1.29, 1.82) is 0 Å². The average Bonchev–Trinajstić information content (AvgIpc) is 3.12. The summed E-state index contributed by atoms with van der Waals surface area (Å²) in [5, 5.41) is 6.34. The zero-order valence-corrected chi connectivity index (χ0v) is 14.8. The first-order valence-electron chi connectivity index (χ1n) is 9.21. The van der Waals surface area contributed by atoms with Crippen LogP contribution < -0.4 is 11.1 Å². The Balaban J connectivity index is 1.50. The minimum atomic E-state index is -0.806. The van der Waals surface area contributed by atoms with Gasteiger partial charge in [0, 0.05) is 19.5 Å². The van der Waals surface area contributed by atoms with Gasteiger partial charge >= 0.3 is 11.8 Å². The highest BCUT2D eigenvalue weighted by Crippen LogP contribution is 2.27. The van der Waals surface area contributed by atoms with Crippen LogP contribution >= 0.6 is 0 Å². The highest BCUT2D eigenvalue weighted by atomic mass is 16.5. The van der Waals surface area contributed by atoms with Gasteiger partial charge in [0.15, 0.2) is 5.82 Å². The van der Waals surface area contributed by atoms with Crippen molar-refractivity contribution in [2.75, 3.05) is 13.1 Å². The summed E-state index contributed by atoms with van der Waals surface area (Å²) in [5.74, 6) is -0.575.